The number of unbranched alkanes of at least 4 members (excludes halogenated alkanes) is 5. The number of benzene rings is 2. The van der Waals surface area contributed by atoms with Crippen LogP contribution < -0.4 is 20.1 Å². The Morgan fingerprint density at radius 3 is 1.26 bits per heavy atom. The summed E-state index contributed by atoms with van der Waals surface area (Å²) in [7, 11) is 0. The molecule has 186 valence electrons. The van der Waals surface area contributed by atoms with Gasteiger partial charge in [-0.25, -0.2) is 0 Å². The molecule has 2 aromatic carbocycles. The van der Waals surface area contributed by atoms with Crippen molar-refractivity contribution in [2.45, 2.75) is 66.2 Å². The highest BCUT2D eigenvalue weighted by atomic mass is 16.5. The molecule has 0 saturated heterocycles. The maximum Gasteiger partial charge on any atom is 0.257 e. The largest absolute Gasteiger partial charge is 0.483 e. The van der Waals surface area contributed by atoms with E-state index in [1.54, 1.807) is 0 Å². The smallest absolute Gasteiger partial charge is 0.257 e. The third-order valence-electron chi connectivity index (χ3n) is 5.76. The summed E-state index contributed by atoms with van der Waals surface area (Å²) in [4.78, 5) is 24.0. The van der Waals surface area contributed by atoms with Crippen LogP contribution in [0, 0.1) is 27.7 Å². The Hall–Kier alpha value is -3.02. The average molecular weight is 469 g/mol. The zero-order valence-corrected chi connectivity index (χ0v) is 21.2. The molecular formula is C28H40N2O4. The fraction of sp³-hybridized carbons (Fsp3) is 0.500. The highest BCUT2D eigenvalue weighted by Gasteiger charge is 2.08. The number of carbonyl (C=O) groups excluding carboxylic acids is 2. The molecule has 6 heteroatoms. The van der Waals surface area contributed by atoms with Gasteiger partial charge in [0.2, 0.25) is 0 Å². The Morgan fingerprint density at radius 1 is 0.588 bits per heavy atom. The summed E-state index contributed by atoms with van der Waals surface area (Å²) < 4.78 is 11.4. The molecule has 0 radical (unpaired) electrons. The van der Waals surface area contributed by atoms with Crippen LogP contribution in [-0.4, -0.2) is 38.1 Å². The first-order chi connectivity index (χ1) is 16.4. The number of para-hydroxylation sites is 2. The molecule has 34 heavy (non-hydrogen) atoms. The molecule has 0 fully saturated rings. The topological polar surface area (TPSA) is 76.7 Å². The van der Waals surface area contributed by atoms with Crippen molar-refractivity contribution in [1.82, 2.24) is 10.6 Å². The van der Waals surface area contributed by atoms with E-state index in [0.717, 1.165) is 72.3 Å². The maximum absolute atomic E-state index is 12.0. The molecule has 2 amide bonds. The Labute approximate surface area is 204 Å². The first-order valence-corrected chi connectivity index (χ1v) is 12.3. The fourth-order valence-electron chi connectivity index (χ4n) is 3.84. The van der Waals surface area contributed by atoms with Crippen molar-refractivity contribution in [2.24, 2.45) is 0 Å². The SMILES string of the molecule is Cc1cccc(C)c1OCC(=O)NCCCCCCCCNC(=O)COc1c(C)cccc1C. The summed E-state index contributed by atoms with van der Waals surface area (Å²) in [5.41, 5.74) is 4.16. The van der Waals surface area contributed by atoms with Gasteiger partial charge >= 0.3 is 0 Å². The van der Waals surface area contributed by atoms with Gasteiger partial charge in [0, 0.05) is 13.1 Å². The molecule has 2 rings (SSSR count). The maximum atomic E-state index is 12.0. The van der Waals surface area contributed by atoms with Gasteiger partial charge in [-0.3, -0.25) is 9.59 Å². The van der Waals surface area contributed by atoms with Crippen molar-refractivity contribution in [2.75, 3.05) is 26.3 Å². The number of aryl methyl sites for hydroxylation is 4. The van der Waals surface area contributed by atoms with Crippen molar-refractivity contribution < 1.29 is 19.1 Å². The Morgan fingerprint density at radius 2 is 0.912 bits per heavy atom. The quantitative estimate of drug-likeness (QED) is 0.363. The van der Waals surface area contributed by atoms with Crippen molar-refractivity contribution in [3.63, 3.8) is 0 Å². The van der Waals surface area contributed by atoms with Gasteiger partial charge in [0.05, 0.1) is 0 Å². The highest BCUT2D eigenvalue weighted by Crippen LogP contribution is 2.22. The van der Waals surface area contributed by atoms with Crippen LogP contribution in [0.3, 0.4) is 0 Å². The number of rotatable bonds is 15. The van der Waals surface area contributed by atoms with Crippen molar-refractivity contribution >= 4 is 11.8 Å². The second-order valence-corrected chi connectivity index (χ2v) is 8.84. The van der Waals surface area contributed by atoms with Crippen LogP contribution in [0.4, 0.5) is 0 Å². The molecule has 6 nitrogen and oxygen atoms in total. The first kappa shape index (κ1) is 27.2. The summed E-state index contributed by atoms with van der Waals surface area (Å²) in [6, 6.07) is 11.9. The molecule has 0 heterocycles. The molecule has 0 aliphatic carbocycles. The highest BCUT2D eigenvalue weighted by molar-refractivity contribution is 5.78. The van der Waals surface area contributed by atoms with Gasteiger partial charge in [0.25, 0.3) is 11.8 Å². The number of ether oxygens (including phenoxy) is 2. The summed E-state index contributed by atoms with van der Waals surface area (Å²) in [5, 5.41) is 5.85. The lowest BCUT2D eigenvalue weighted by Crippen LogP contribution is -2.30. The minimum Gasteiger partial charge on any atom is -0.483 e. The summed E-state index contributed by atoms with van der Waals surface area (Å²) in [6.07, 6.45) is 6.32. The Bertz CT molecular complexity index is 811. The molecule has 0 unspecified atom stereocenters. The standard InChI is InChI=1S/C28H40N2O4/c1-21-13-11-14-22(2)27(21)33-19-25(31)29-17-9-7-5-6-8-10-18-30-26(32)20-34-28-23(3)15-12-16-24(28)4/h11-16H,5-10,17-20H2,1-4H3,(H,29,31)(H,30,32). The van der Waals surface area contributed by atoms with E-state index < -0.39 is 0 Å². The molecule has 0 aromatic heterocycles. The van der Waals surface area contributed by atoms with Gasteiger partial charge < -0.3 is 20.1 Å². The van der Waals surface area contributed by atoms with E-state index in [0.29, 0.717) is 13.1 Å². The van der Waals surface area contributed by atoms with E-state index in [2.05, 4.69) is 10.6 Å². The molecule has 0 saturated carbocycles. The predicted molar refractivity (Wildman–Crippen MR) is 137 cm³/mol. The van der Waals surface area contributed by atoms with Gasteiger partial charge in [0.15, 0.2) is 13.2 Å². The van der Waals surface area contributed by atoms with Crippen LogP contribution in [-0.2, 0) is 9.59 Å². The van der Waals surface area contributed by atoms with Crippen LogP contribution in [0.25, 0.3) is 0 Å². The van der Waals surface area contributed by atoms with Crippen molar-refractivity contribution in [3.05, 3.63) is 58.7 Å². The summed E-state index contributed by atoms with van der Waals surface area (Å²) in [6.45, 7) is 9.37. The lowest BCUT2D eigenvalue weighted by molar-refractivity contribution is -0.123. The second-order valence-electron chi connectivity index (χ2n) is 8.84. The zero-order chi connectivity index (χ0) is 24.8. The van der Waals surface area contributed by atoms with Gasteiger partial charge in [-0.2, -0.15) is 0 Å². The predicted octanol–water partition coefficient (Wildman–Crippen LogP) is 4.95. The Kier molecular flexibility index (Phi) is 12.0. The summed E-state index contributed by atoms with van der Waals surface area (Å²) in [5.74, 6) is 1.42. The van der Waals surface area contributed by atoms with Gasteiger partial charge in [-0.15, -0.1) is 0 Å². The molecular weight excluding hydrogens is 428 g/mol. The number of carbonyl (C=O) groups is 2. The normalized spacial score (nSPS) is 10.6. The molecule has 2 N–H and O–H groups in total. The van der Waals surface area contributed by atoms with E-state index in [1.807, 2.05) is 64.1 Å². The number of amides is 2. The van der Waals surface area contributed by atoms with E-state index in [-0.39, 0.29) is 25.0 Å². The van der Waals surface area contributed by atoms with E-state index in [9.17, 15) is 9.59 Å². The van der Waals surface area contributed by atoms with Crippen LogP contribution in [0.15, 0.2) is 36.4 Å². The average Bonchev–Trinajstić information content (AvgIpc) is 2.79. The second kappa shape index (κ2) is 15.0. The van der Waals surface area contributed by atoms with Crippen LogP contribution in [0.5, 0.6) is 11.5 Å². The van der Waals surface area contributed by atoms with Crippen LogP contribution in [0.1, 0.15) is 60.8 Å². The number of nitrogens with one attached hydrogen (secondary N) is 2. The van der Waals surface area contributed by atoms with Gasteiger partial charge in [0.1, 0.15) is 11.5 Å². The minimum atomic E-state index is -0.0834. The lowest BCUT2D eigenvalue weighted by Gasteiger charge is -2.12. The van der Waals surface area contributed by atoms with E-state index >= 15 is 0 Å². The van der Waals surface area contributed by atoms with Gasteiger partial charge in [-0.1, -0.05) is 62.1 Å². The van der Waals surface area contributed by atoms with Crippen molar-refractivity contribution in [1.29, 1.82) is 0 Å². The van der Waals surface area contributed by atoms with Crippen LogP contribution >= 0.6 is 0 Å². The molecule has 0 bridgehead atoms. The third kappa shape index (κ3) is 9.86. The number of hydrogen-bond acceptors (Lipinski definition) is 4. The van der Waals surface area contributed by atoms with Crippen LogP contribution in [0.2, 0.25) is 0 Å². The molecule has 0 aliphatic heterocycles. The van der Waals surface area contributed by atoms with E-state index in [1.165, 1.54) is 0 Å². The molecule has 2 aromatic rings. The fourth-order valence-corrected chi connectivity index (χ4v) is 3.84. The molecule has 0 spiro atoms. The third-order valence-corrected chi connectivity index (χ3v) is 5.76. The molecule has 0 atom stereocenters. The lowest BCUT2D eigenvalue weighted by atomic mass is 10.1. The number of hydrogen-bond donors (Lipinski definition) is 2. The molecule has 0 aliphatic rings. The monoisotopic (exact) mass is 468 g/mol. The zero-order valence-electron chi connectivity index (χ0n) is 21.2. The Balaban J connectivity index is 1.42. The summed E-state index contributed by atoms with van der Waals surface area (Å²) >= 11 is 0. The van der Waals surface area contributed by atoms with Gasteiger partial charge in [-0.05, 0) is 62.8 Å². The first-order valence-electron chi connectivity index (χ1n) is 12.3. The van der Waals surface area contributed by atoms with Crippen molar-refractivity contribution in [3.8, 4) is 11.5 Å². The van der Waals surface area contributed by atoms with E-state index in [4.69, 9.17) is 9.47 Å². The minimum absolute atomic E-state index is 0.0486.